The van der Waals surface area contributed by atoms with Crippen LogP contribution in [0.1, 0.15) is 37.8 Å². The van der Waals surface area contributed by atoms with Crippen LogP contribution in [0.4, 0.5) is 26.1 Å². The Bertz CT molecular complexity index is 1290. The number of nitrogens with one attached hydrogen (secondary N) is 1. The number of rotatable bonds is 8. The molecule has 0 radical (unpaired) electrons. The minimum absolute atomic E-state index is 0.146. The van der Waals surface area contributed by atoms with Gasteiger partial charge in [-0.1, -0.05) is 5.21 Å². The van der Waals surface area contributed by atoms with E-state index in [1.165, 1.54) is 6.42 Å². The lowest BCUT2D eigenvalue weighted by Crippen LogP contribution is -2.40. The summed E-state index contributed by atoms with van der Waals surface area (Å²) in [6.45, 7) is 3.89. The fourth-order valence-electron chi connectivity index (χ4n) is 4.79. The molecule has 2 aliphatic rings. The van der Waals surface area contributed by atoms with Crippen molar-refractivity contribution in [1.82, 2.24) is 25.0 Å². The molecule has 5 rings (SSSR count). The number of hydrogen-bond acceptors (Lipinski definition) is 8. The molecule has 2 N–H and O–H groups in total. The maximum atomic E-state index is 13.6. The van der Waals surface area contributed by atoms with Gasteiger partial charge in [0.25, 0.3) is 5.92 Å². The topological polar surface area (TPSA) is 112 Å². The van der Waals surface area contributed by atoms with E-state index in [1.807, 2.05) is 31.2 Å². The second kappa shape index (κ2) is 11.3. The van der Waals surface area contributed by atoms with Crippen molar-refractivity contribution in [2.24, 2.45) is 0 Å². The fourth-order valence-corrected chi connectivity index (χ4v) is 5.45. The largest absolute Gasteiger partial charge is 0.395 e. The van der Waals surface area contributed by atoms with Gasteiger partial charge in [0.05, 0.1) is 35.6 Å². The van der Waals surface area contributed by atoms with Crippen LogP contribution in [0.25, 0.3) is 17.1 Å². The van der Waals surface area contributed by atoms with Gasteiger partial charge in [-0.05, 0) is 50.5 Å². The van der Waals surface area contributed by atoms with Crippen LogP contribution >= 0.6 is 0 Å². The summed E-state index contributed by atoms with van der Waals surface area (Å²) >= 11 is 0. The van der Waals surface area contributed by atoms with E-state index in [9.17, 15) is 13.0 Å². The molecule has 13 heteroatoms. The molecule has 0 amide bonds. The SMILES string of the molecule is Cc1cc(-c2cn(-c3ccc(NS(=O)CCO)cc3N3CCCCC3)nn2)nc(N2CCC(F)(F)CC2)n1. The monoisotopic (exact) mass is 546 g/mol. The molecule has 2 fully saturated rings. The molecule has 0 spiro atoms. The van der Waals surface area contributed by atoms with Gasteiger partial charge in [0, 0.05) is 50.4 Å². The van der Waals surface area contributed by atoms with Crippen molar-refractivity contribution in [3.8, 4) is 17.1 Å². The van der Waals surface area contributed by atoms with Crippen molar-refractivity contribution >= 4 is 28.3 Å². The average Bonchev–Trinajstić information content (AvgIpc) is 3.39. The zero-order valence-electron chi connectivity index (χ0n) is 21.3. The zero-order valence-corrected chi connectivity index (χ0v) is 22.1. The van der Waals surface area contributed by atoms with Gasteiger partial charge in [-0.25, -0.2) is 27.6 Å². The Morgan fingerprint density at radius 1 is 1.00 bits per heavy atom. The van der Waals surface area contributed by atoms with Crippen molar-refractivity contribution in [3.05, 3.63) is 36.2 Å². The van der Waals surface area contributed by atoms with Gasteiger partial charge in [0.15, 0.2) is 0 Å². The van der Waals surface area contributed by atoms with Crippen LogP contribution in [0, 0.1) is 6.92 Å². The molecule has 38 heavy (non-hydrogen) atoms. The molecule has 1 atom stereocenters. The summed E-state index contributed by atoms with van der Waals surface area (Å²) < 4.78 is 44.1. The van der Waals surface area contributed by atoms with E-state index >= 15 is 0 Å². The summed E-state index contributed by atoms with van der Waals surface area (Å²) in [5.74, 6) is -2.07. The summed E-state index contributed by atoms with van der Waals surface area (Å²) in [5.41, 5.74) is 4.32. The molecule has 0 bridgehead atoms. The minimum atomic E-state index is -2.64. The lowest BCUT2D eigenvalue weighted by atomic mass is 10.1. The Kier molecular flexibility index (Phi) is 7.84. The minimum Gasteiger partial charge on any atom is -0.395 e. The molecule has 10 nitrogen and oxygen atoms in total. The first-order chi connectivity index (χ1) is 18.3. The first-order valence-corrected chi connectivity index (χ1v) is 14.2. The molecule has 4 heterocycles. The van der Waals surface area contributed by atoms with Crippen LogP contribution in [-0.4, -0.2) is 78.7 Å². The van der Waals surface area contributed by atoms with Crippen LogP contribution in [0.5, 0.6) is 0 Å². The number of hydrogen-bond donors (Lipinski definition) is 2. The number of piperidine rings is 2. The van der Waals surface area contributed by atoms with E-state index < -0.39 is 16.9 Å². The number of alkyl halides is 2. The van der Waals surface area contributed by atoms with Crippen molar-refractivity contribution in [2.45, 2.75) is 45.0 Å². The molecular weight excluding hydrogens is 514 g/mol. The lowest BCUT2D eigenvalue weighted by Gasteiger charge is -2.31. The van der Waals surface area contributed by atoms with Gasteiger partial charge in [0.1, 0.15) is 16.7 Å². The molecule has 0 saturated carbocycles. The lowest BCUT2D eigenvalue weighted by molar-refractivity contribution is -0.0222. The smallest absolute Gasteiger partial charge is 0.251 e. The Hall–Kier alpha value is -3.19. The molecule has 2 saturated heterocycles. The number of aryl methyl sites for hydroxylation is 1. The van der Waals surface area contributed by atoms with Crippen molar-refractivity contribution in [1.29, 1.82) is 0 Å². The number of aliphatic hydroxyl groups is 1. The second-order valence-electron chi connectivity index (χ2n) is 9.71. The average molecular weight is 547 g/mol. The molecule has 3 aromatic rings. The number of aromatic nitrogens is 5. The van der Waals surface area contributed by atoms with Crippen LogP contribution in [-0.2, 0) is 11.0 Å². The molecular formula is C25H32F2N8O2S. The number of nitrogens with zero attached hydrogens (tertiary/aromatic N) is 7. The van der Waals surface area contributed by atoms with Crippen LogP contribution < -0.4 is 14.5 Å². The summed E-state index contributed by atoms with van der Waals surface area (Å²) in [4.78, 5) is 13.2. The van der Waals surface area contributed by atoms with E-state index in [1.54, 1.807) is 15.8 Å². The predicted molar refractivity (Wildman–Crippen MR) is 143 cm³/mol. The number of benzene rings is 1. The van der Waals surface area contributed by atoms with Crippen LogP contribution in [0.15, 0.2) is 30.5 Å². The zero-order chi connectivity index (χ0) is 26.7. The third kappa shape index (κ3) is 6.09. The molecule has 2 aromatic heterocycles. The van der Waals surface area contributed by atoms with Gasteiger partial charge >= 0.3 is 0 Å². The summed E-state index contributed by atoms with van der Waals surface area (Å²) in [6.07, 6.45) is 4.72. The summed E-state index contributed by atoms with van der Waals surface area (Å²) in [7, 11) is -1.38. The van der Waals surface area contributed by atoms with Gasteiger partial charge in [0.2, 0.25) is 5.95 Å². The van der Waals surface area contributed by atoms with Crippen molar-refractivity contribution in [2.75, 3.05) is 53.1 Å². The van der Waals surface area contributed by atoms with Crippen LogP contribution in [0.3, 0.4) is 0 Å². The van der Waals surface area contributed by atoms with E-state index in [-0.39, 0.29) is 38.3 Å². The molecule has 2 aliphatic heterocycles. The molecule has 0 aliphatic carbocycles. The van der Waals surface area contributed by atoms with E-state index in [0.717, 1.165) is 43.0 Å². The van der Waals surface area contributed by atoms with Gasteiger partial charge in [-0.15, -0.1) is 5.10 Å². The first-order valence-electron chi connectivity index (χ1n) is 12.9. The highest BCUT2D eigenvalue weighted by molar-refractivity contribution is 7.86. The number of anilines is 3. The van der Waals surface area contributed by atoms with E-state index in [4.69, 9.17) is 5.11 Å². The second-order valence-corrected chi connectivity index (χ2v) is 11.0. The summed E-state index contributed by atoms with van der Waals surface area (Å²) in [5, 5.41) is 17.8. The van der Waals surface area contributed by atoms with Gasteiger partial charge in [-0.2, -0.15) is 0 Å². The Morgan fingerprint density at radius 2 is 1.76 bits per heavy atom. The van der Waals surface area contributed by atoms with Gasteiger partial charge < -0.3 is 19.6 Å². The Balaban J connectivity index is 1.44. The Labute approximate surface area is 222 Å². The van der Waals surface area contributed by atoms with Crippen molar-refractivity contribution in [3.63, 3.8) is 0 Å². The molecule has 204 valence electrons. The quantitative estimate of drug-likeness (QED) is 0.443. The highest BCUT2D eigenvalue weighted by Gasteiger charge is 2.35. The Morgan fingerprint density at radius 3 is 2.50 bits per heavy atom. The maximum Gasteiger partial charge on any atom is 0.251 e. The summed E-state index contributed by atoms with van der Waals surface area (Å²) in [6, 6.07) is 7.51. The van der Waals surface area contributed by atoms with Crippen molar-refractivity contribution < 1.29 is 18.1 Å². The van der Waals surface area contributed by atoms with E-state index in [2.05, 4.69) is 29.9 Å². The third-order valence-corrected chi connectivity index (χ3v) is 7.82. The standard InChI is InChI=1S/C25H32F2N8O2S/c1-18-15-20(29-24(28-18)34-11-7-25(26,27)8-12-34)21-17-35(32-30-21)22-6-5-19(31-38(37)14-13-36)16-23(22)33-9-3-2-4-10-33/h5-6,15-17,31,36H,2-4,7-14H2,1H3. The predicted octanol–water partition coefficient (Wildman–Crippen LogP) is 3.33. The fraction of sp³-hybridized carbons (Fsp3) is 0.520. The first kappa shape index (κ1) is 26.4. The highest BCUT2D eigenvalue weighted by Crippen LogP contribution is 2.32. The third-order valence-electron chi connectivity index (χ3n) is 6.80. The highest BCUT2D eigenvalue weighted by atomic mass is 32.2. The normalized spacial score (nSPS) is 18.4. The maximum absolute atomic E-state index is 13.6. The molecule has 1 unspecified atom stereocenters. The van der Waals surface area contributed by atoms with Crippen LogP contribution in [0.2, 0.25) is 0 Å². The molecule has 1 aromatic carbocycles. The van der Waals surface area contributed by atoms with E-state index in [0.29, 0.717) is 23.0 Å². The number of halogens is 2. The van der Waals surface area contributed by atoms with Gasteiger partial charge in [-0.3, -0.25) is 0 Å². The number of aliphatic hydroxyl groups excluding tert-OH is 1.